The van der Waals surface area contributed by atoms with Gasteiger partial charge < -0.3 is 4.74 Å². The van der Waals surface area contributed by atoms with E-state index in [1.165, 1.54) is 12.1 Å². The van der Waals surface area contributed by atoms with Crippen LogP contribution in [0.1, 0.15) is 18.4 Å². The SMILES string of the molecule is O=C(C1CCCO1)N1CCc2cc3ccc(F)cc3nc21. The summed E-state index contributed by atoms with van der Waals surface area (Å²) in [4.78, 5) is 18.7. The van der Waals surface area contributed by atoms with Crippen LogP contribution in [0.5, 0.6) is 0 Å². The minimum Gasteiger partial charge on any atom is -0.368 e. The average Bonchev–Trinajstić information content (AvgIpc) is 3.13. The number of benzene rings is 1. The first-order valence-corrected chi connectivity index (χ1v) is 7.24. The van der Waals surface area contributed by atoms with E-state index in [-0.39, 0.29) is 17.8 Å². The third-order valence-corrected chi connectivity index (χ3v) is 4.17. The number of halogens is 1. The van der Waals surface area contributed by atoms with Gasteiger partial charge in [-0.25, -0.2) is 9.37 Å². The van der Waals surface area contributed by atoms with Gasteiger partial charge in [0.25, 0.3) is 5.91 Å². The molecule has 2 aliphatic rings. The van der Waals surface area contributed by atoms with Crippen molar-refractivity contribution in [2.45, 2.75) is 25.4 Å². The van der Waals surface area contributed by atoms with E-state index in [2.05, 4.69) is 4.98 Å². The molecule has 0 bridgehead atoms. The van der Waals surface area contributed by atoms with Gasteiger partial charge in [-0.1, -0.05) is 0 Å². The molecule has 1 amide bonds. The molecular weight excluding hydrogens is 271 g/mol. The molecule has 2 aromatic rings. The normalized spacial score (nSPS) is 21.0. The number of ether oxygens (including phenoxy) is 1. The smallest absolute Gasteiger partial charge is 0.257 e. The zero-order valence-electron chi connectivity index (χ0n) is 11.5. The van der Waals surface area contributed by atoms with Crippen LogP contribution in [0.3, 0.4) is 0 Å². The second-order valence-electron chi connectivity index (χ2n) is 5.55. The first kappa shape index (κ1) is 12.7. The minimum absolute atomic E-state index is 0.0190. The number of fused-ring (bicyclic) bond motifs is 2. The highest BCUT2D eigenvalue weighted by atomic mass is 19.1. The van der Waals surface area contributed by atoms with Crippen molar-refractivity contribution in [3.63, 3.8) is 0 Å². The van der Waals surface area contributed by atoms with Gasteiger partial charge in [0.05, 0.1) is 5.52 Å². The Labute approximate surface area is 121 Å². The Bertz CT molecular complexity index is 726. The number of hydrogen-bond donors (Lipinski definition) is 0. The van der Waals surface area contributed by atoms with Gasteiger partial charge in [0, 0.05) is 24.6 Å². The van der Waals surface area contributed by atoms with Crippen LogP contribution in [-0.4, -0.2) is 30.1 Å². The van der Waals surface area contributed by atoms with Gasteiger partial charge in [-0.3, -0.25) is 9.69 Å². The van der Waals surface area contributed by atoms with E-state index in [1.807, 2.05) is 6.07 Å². The molecule has 1 atom stereocenters. The monoisotopic (exact) mass is 286 g/mol. The highest BCUT2D eigenvalue weighted by molar-refractivity contribution is 5.99. The third-order valence-electron chi connectivity index (χ3n) is 4.17. The Hall–Kier alpha value is -2.01. The molecule has 0 radical (unpaired) electrons. The summed E-state index contributed by atoms with van der Waals surface area (Å²) in [6.07, 6.45) is 2.13. The lowest BCUT2D eigenvalue weighted by Gasteiger charge is -2.20. The Morgan fingerprint density at radius 1 is 1.38 bits per heavy atom. The number of hydrogen-bond acceptors (Lipinski definition) is 3. The molecule has 21 heavy (non-hydrogen) atoms. The molecule has 1 aromatic carbocycles. The summed E-state index contributed by atoms with van der Waals surface area (Å²) in [5.74, 6) is 0.327. The van der Waals surface area contributed by atoms with Gasteiger partial charge in [0.2, 0.25) is 0 Å². The van der Waals surface area contributed by atoms with E-state index in [1.54, 1.807) is 11.0 Å². The zero-order valence-corrected chi connectivity index (χ0v) is 11.5. The molecule has 0 aliphatic carbocycles. The van der Waals surface area contributed by atoms with E-state index < -0.39 is 0 Å². The Morgan fingerprint density at radius 2 is 2.29 bits per heavy atom. The number of pyridine rings is 1. The van der Waals surface area contributed by atoms with Gasteiger partial charge in [-0.15, -0.1) is 0 Å². The van der Waals surface area contributed by atoms with Crippen LogP contribution < -0.4 is 4.90 Å². The second-order valence-corrected chi connectivity index (χ2v) is 5.55. The molecule has 3 heterocycles. The molecule has 0 spiro atoms. The minimum atomic E-state index is -0.346. The summed E-state index contributed by atoms with van der Waals surface area (Å²) in [5.41, 5.74) is 1.63. The quantitative estimate of drug-likeness (QED) is 0.808. The molecule has 1 saturated heterocycles. The average molecular weight is 286 g/mol. The molecule has 1 unspecified atom stereocenters. The van der Waals surface area contributed by atoms with Crippen LogP contribution >= 0.6 is 0 Å². The number of rotatable bonds is 1. The largest absolute Gasteiger partial charge is 0.368 e. The van der Waals surface area contributed by atoms with Gasteiger partial charge in [0.15, 0.2) is 0 Å². The molecule has 0 N–H and O–H groups in total. The van der Waals surface area contributed by atoms with Crippen LogP contribution in [0.2, 0.25) is 0 Å². The lowest BCUT2D eigenvalue weighted by molar-refractivity contribution is -0.127. The Balaban J connectivity index is 1.74. The van der Waals surface area contributed by atoms with Crippen molar-refractivity contribution < 1.29 is 13.9 Å². The molecule has 1 aromatic heterocycles. The second kappa shape index (κ2) is 4.77. The number of anilines is 1. The van der Waals surface area contributed by atoms with Crippen LogP contribution in [0.15, 0.2) is 24.3 Å². The maximum atomic E-state index is 13.3. The highest BCUT2D eigenvalue weighted by Crippen LogP contribution is 2.31. The number of carbonyl (C=O) groups excluding carboxylic acids is 1. The fraction of sp³-hybridized carbons (Fsp3) is 0.375. The first-order chi connectivity index (χ1) is 10.2. The van der Waals surface area contributed by atoms with Crippen molar-refractivity contribution in [1.29, 1.82) is 0 Å². The third kappa shape index (κ3) is 2.08. The molecule has 4 nitrogen and oxygen atoms in total. The van der Waals surface area contributed by atoms with Crippen molar-refractivity contribution in [2.75, 3.05) is 18.1 Å². The number of aromatic nitrogens is 1. The number of amides is 1. The highest BCUT2D eigenvalue weighted by Gasteiger charge is 2.33. The predicted molar refractivity (Wildman–Crippen MR) is 76.7 cm³/mol. The molecule has 1 fully saturated rings. The van der Waals surface area contributed by atoms with E-state index in [4.69, 9.17) is 4.74 Å². The summed E-state index contributed by atoms with van der Waals surface area (Å²) in [5, 5.41) is 0.904. The lowest BCUT2D eigenvalue weighted by Crippen LogP contribution is -2.38. The zero-order chi connectivity index (χ0) is 14.4. The van der Waals surface area contributed by atoms with Gasteiger partial charge in [0.1, 0.15) is 17.7 Å². The predicted octanol–water partition coefficient (Wildman–Crippen LogP) is 2.44. The van der Waals surface area contributed by atoms with Crippen molar-refractivity contribution in [2.24, 2.45) is 0 Å². The summed E-state index contributed by atoms with van der Waals surface area (Å²) in [7, 11) is 0. The standard InChI is InChI=1S/C16H15FN2O2/c17-12-4-3-10-8-11-5-6-19(15(11)18-13(10)9-12)16(20)14-2-1-7-21-14/h3-4,8-9,14H,1-2,5-7H2. The summed E-state index contributed by atoms with van der Waals surface area (Å²) < 4.78 is 18.8. The topological polar surface area (TPSA) is 42.4 Å². The molecule has 2 aliphatic heterocycles. The van der Waals surface area contributed by atoms with Crippen LogP contribution in [0, 0.1) is 5.82 Å². The maximum Gasteiger partial charge on any atom is 0.257 e. The van der Waals surface area contributed by atoms with E-state index in [0.29, 0.717) is 24.5 Å². The number of carbonyl (C=O) groups is 1. The van der Waals surface area contributed by atoms with Gasteiger partial charge in [-0.05, 0) is 43.0 Å². The van der Waals surface area contributed by atoms with Crippen LogP contribution in [-0.2, 0) is 16.0 Å². The fourth-order valence-electron chi connectivity index (χ4n) is 3.09. The molecule has 5 heteroatoms. The Morgan fingerprint density at radius 3 is 3.10 bits per heavy atom. The van der Waals surface area contributed by atoms with E-state index in [9.17, 15) is 9.18 Å². The lowest BCUT2D eigenvalue weighted by atomic mass is 10.1. The molecule has 4 rings (SSSR count). The van der Waals surface area contributed by atoms with Gasteiger partial charge >= 0.3 is 0 Å². The summed E-state index contributed by atoms with van der Waals surface area (Å²) in [6, 6.07) is 6.56. The first-order valence-electron chi connectivity index (χ1n) is 7.24. The summed E-state index contributed by atoms with van der Waals surface area (Å²) >= 11 is 0. The van der Waals surface area contributed by atoms with Gasteiger partial charge in [-0.2, -0.15) is 0 Å². The Kier molecular flexibility index (Phi) is 2.89. The fourth-order valence-corrected chi connectivity index (χ4v) is 3.09. The van der Waals surface area contributed by atoms with Crippen LogP contribution in [0.4, 0.5) is 10.2 Å². The maximum absolute atomic E-state index is 13.3. The van der Waals surface area contributed by atoms with Crippen molar-refractivity contribution in [1.82, 2.24) is 4.98 Å². The summed E-state index contributed by atoms with van der Waals surface area (Å²) in [6.45, 7) is 1.27. The molecule has 108 valence electrons. The number of nitrogens with zero attached hydrogens (tertiary/aromatic N) is 2. The molecular formula is C16H15FN2O2. The van der Waals surface area contributed by atoms with Crippen molar-refractivity contribution in [3.05, 3.63) is 35.6 Å². The van der Waals surface area contributed by atoms with E-state index >= 15 is 0 Å². The van der Waals surface area contributed by atoms with Crippen molar-refractivity contribution >= 4 is 22.6 Å². The molecule has 0 saturated carbocycles. The van der Waals surface area contributed by atoms with Crippen molar-refractivity contribution in [3.8, 4) is 0 Å². The van der Waals surface area contributed by atoms with Crippen LogP contribution in [0.25, 0.3) is 10.9 Å². The van der Waals surface area contributed by atoms with E-state index in [0.717, 1.165) is 30.2 Å².